The van der Waals surface area contributed by atoms with Gasteiger partial charge in [-0.05, 0) is 19.8 Å². The van der Waals surface area contributed by atoms with Crippen LogP contribution < -0.4 is 0 Å². The van der Waals surface area contributed by atoms with E-state index in [1.807, 2.05) is 0 Å². The first-order chi connectivity index (χ1) is 5.27. The zero-order valence-electron chi connectivity index (χ0n) is 7.76. The lowest BCUT2D eigenvalue weighted by Crippen LogP contribution is -1.95. The van der Waals surface area contributed by atoms with Crippen molar-refractivity contribution < 1.29 is 19.7 Å². The molecule has 1 fully saturated rings. The van der Waals surface area contributed by atoms with Crippen LogP contribution in [0.5, 0.6) is 0 Å². The van der Waals surface area contributed by atoms with Gasteiger partial charge >= 0.3 is 5.97 Å². The zero-order chi connectivity index (χ0) is 8.53. The van der Waals surface area contributed by atoms with E-state index in [0.29, 0.717) is 6.61 Å². The summed E-state index contributed by atoms with van der Waals surface area (Å²) in [5, 5.41) is 0. The summed E-state index contributed by atoms with van der Waals surface area (Å²) in [4.78, 5) is 9.82. The fourth-order valence-corrected chi connectivity index (χ4v) is 0.714. The lowest BCUT2D eigenvalue weighted by Gasteiger charge is -1.89. The average Bonchev–Trinajstić information content (AvgIpc) is 2.41. The van der Waals surface area contributed by atoms with Crippen LogP contribution in [0.1, 0.15) is 26.7 Å². The maximum atomic E-state index is 9.82. The highest BCUT2D eigenvalue weighted by Gasteiger charge is 1.94. The molecule has 0 saturated carbocycles. The van der Waals surface area contributed by atoms with E-state index in [9.17, 15) is 4.79 Å². The Morgan fingerprint density at radius 3 is 2.00 bits per heavy atom. The number of hydrogen-bond acceptors (Lipinski definition) is 3. The molecule has 0 aromatic carbocycles. The fraction of sp³-hybridized carbons (Fsp3) is 0.875. The molecule has 1 saturated heterocycles. The summed E-state index contributed by atoms with van der Waals surface area (Å²) in [7, 11) is 0. The van der Waals surface area contributed by atoms with Gasteiger partial charge in [-0.3, -0.25) is 4.79 Å². The van der Waals surface area contributed by atoms with Crippen molar-refractivity contribution >= 4 is 5.97 Å². The van der Waals surface area contributed by atoms with Gasteiger partial charge in [0, 0.05) is 20.1 Å². The van der Waals surface area contributed by atoms with Gasteiger partial charge in [-0.15, -0.1) is 0 Å². The maximum Gasteiger partial charge on any atom is 0.302 e. The number of ether oxygens (including phenoxy) is 2. The van der Waals surface area contributed by atoms with Crippen molar-refractivity contribution in [2.24, 2.45) is 0 Å². The van der Waals surface area contributed by atoms with Gasteiger partial charge in [0.05, 0.1) is 6.61 Å². The van der Waals surface area contributed by atoms with Crippen LogP contribution >= 0.6 is 0 Å². The minimum atomic E-state index is -0.211. The van der Waals surface area contributed by atoms with Crippen LogP contribution in [-0.2, 0) is 14.3 Å². The normalized spacial score (nSPS) is 13.8. The van der Waals surface area contributed by atoms with Gasteiger partial charge < -0.3 is 14.9 Å². The molecule has 0 aliphatic carbocycles. The zero-order valence-corrected chi connectivity index (χ0v) is 7.76. The molecule has 0 radical (unpaired) electrons. The highest BCUT2D eigenvalue weighted by Crippen LogP contribution is 1.98. The number of carbonyl (C=O) groups excluding carboxylic acids is 1. The predicted molar refractivity (Wildman–Crippen MR) is 46.0 cm³/mol. The van der Waals surface area contributed by atoms with E-state index < -0.39 is 0 Å². The van der Waals surface area contributed by atoms with Crippen molar-refractivity contribution in [2.45, 2.75) is 26.7 Å². The van der Waals surface area contributed by atoms with Crippen LogP contribution in [0.25, 0.3) is 0 Å². The van der Waals surface area contributed by atoms with Gasteiger partial charge in [0.2, 0.25) is 0 Å². The van der Waals surface area contributed by atoms with E-state index >= 15 is 0 Å². The lowest BCUT2D eigenvalue weighted by atomic mass is 10.4. The Morgan fingerprint density at radius 1 is 1.42 bits per heavy atom. The second-order valence-electron chi connectivity index (χ2n) is 2.24. The van der Waals surface area contributed by atoms with Crippen molar-refractivity contribution in [1.29, 1.82) is 0 Å². The molecule has 4 nitrogen and oxygen atoms in total. The van der Waals surface area contributed by atoms with Gasteiger partial charge in [0.25, 0.3) is 0 Å². The molecule has 1 aliphatic heterocycles. The Morgan fingerprint density at radius 2 is 1.92 bits per heavy atom. The molecule has 0 aromatic rings. The quantitative estimate of drug-likeness (QED) is 0.550. The SMILES string of the molecule is C1CCOC1.CCOC(C)=O.O. The molecule has 12 heavy (non-hydrogen) atoms. The van der Waals surface area contributed by atoms with Crippen molar-refractivity contribution in [3.63, 3.8) is 0 Å². The first-order valence-corrected chi connectivity index (χ1v) is 3.98. The van der Waals surface area contributed by atoms with Crippen molar-refractivity contribution in [3.8, 4) is 0 Å². The topological polar surface area (TPSA) is 67.0 Å². The summed E-state index contributed by atoms with van der Waals surface area (Å²) in [6.07, 6.45) is 2.56. The third-order valence-electron chi connectivity index (χ3n) is 1.17. The summed E-state index contributed by atoms with van der Waals surface area (Å²) >= 11 is 0. The van der Waals surface area contributed by atoms with Gasteiger partial charge in [0.15, 0.2) is 0 Å². The molecule has 0 spiro atoms. The summed E-state index contributed by atoms with van der Waals surface area (Å²) < 4.78 is 9.35. The molecule has 1 rings (SSSR count). The van der Waals surface area contributed by atoms with E-state index in [0.717, 1.165) is 13.2 Å². The van der Waals surface area contributed by atoms with E-state index in [4.69, 9.17) is 4.74 Å². The second kappa shape index (κ2) is 10.4. The highest BCUT2D eigenvalue weighted by molar-refractivity contribution is 5.65. The molecule has 0 amide bonds. The van der Waals surface area contributed by atoms with Crippen molar-refractivity contribution in [1.82, 2.24) is 0 Å². The van der Waals surface area contributed by atoms with Gasteiger partial charge in [-0.1, -0.05) is 0 Å². The van der Waals surface area contributed by atoms with Crippen LogP contribution in [0.2, 0.25) is 0 Å². The summed E-state index contributed by atoms with van der Waals surface area (Å²) in [5.74, 6) is -0.211. The molecule has 2 N–H and O–H groups in total. The summed E-state index contributed by atoms with van der Waals surface area (Å²) in [6, 6.07) is 0. The van der Waals surface area contributed by atoms with Gasteiger partial charge in [0.1, 0.15) is 0 Å². The molecule has 0 bridgehead atoms. The third-order valence-corrected chi connectivity index (χ3v) is 1.17. The summed E-state index contributed by atoms with van der Waals surface area (Å²) in [5.41, 5.74) is 0. The fourth-order valence-electron chi connectivity index (χ4n) is 0.714. The maximum absolute atomic E-state index is 9.82. The Balaban J connectivity index is 0. The Hall–Kier alpha value is -0.610. The smallest absolute Gasteiger partial charge is 0.302 e. The summed E-state index contributed by atoms with van der Waals surface area (Å²) in [6.45, 7) is 5.65. The second-order valence-corrected chi connectivity index (χ2v) is 2.24. The lowest BCUT2D eigenvalue weighted by molar-refractivity contribution is -0.140. The van der Waals surface area contributed by atoms with E-state index in [1.54, 1.807) is 6.92 Å². The molecule has 0 atom stereocenters. The van der Waals surface area contributed by atoms with Crippen molar-refractivity contribution in [3.05, 3.63) is 0 Å². The van der Waals surface area contributed by atoms with Crippen LogP contribution in [-0.4, -0.2) is 31.3 Å². The number of hydrogen-bond donors (Lipinski definition) is 0. The number of rotatable bonds is 1. The molecular weight excluding hydrogens is 160 g/mol. The van der Waals surface area contributed by atoms with Crippen LogP contribution in [0.3, 0.4) is 0 Å². The standard InChI is InChI=1S/C4H8O2.C4H8O.H2O/c1-3-6-4(2)5;1-2-4-5-3-1;/h3H2,1-2H3;1-4H2;1H2. The minimum absolute atomic E-state index is 0. The monoisotopic (exact) mass is 178 g/mol. The highest BCUT2D eigenvalue weighted by atomic mass is 16.5. The number of esters is 1. The molecule has 74 valence electrons. The molecular formula is C8H18O4. The molecule has 0 aromatic heterocycles. The Labute approximate surface area is 73.2 Å². The minimum Gasteiger partial charge on any atom is -0.466 e. The van der Waals surface area contributed by atoms with Gasteiger partial charge in [-0.25, -0.2) is 0 Å². The van der Waals surface area contributed by atoms with Crippen molar-refractivity contribution in [2.75, 3.05) is 19.8 Å². The van der Waals surface area contributed by atoms with Gasteiger partial charge in [-0.2, -0.15) is 0 Å². The average molecular weight is 178 g/mol. The predicted octanol–water partition coefficient (Wildman–Crippen LogP) is 0.542. The third kappa shape index (κ3) is 12.1. The first kappa shape index (κ1) is 13.9. The van der Waals surface area contributed by atoms with Crippen LogP contribution in [0.15, 0.2) is 0 Å². The van der Waals surface area contributed by atoms with Crippen LogP contribution in [0, 0.1) is 0 Å². The van der Waals surface area contributed by atoms with E-state index in [-0.39, 0.29) is 11.4 Å². The Kier molecular flexibility index (Phi) is 12.1. The molecule has 1 heterocycles. The van der Waals surface area contributed by atoms with E-state index in [1.165, 1.54) is 19.8 Å². The number of carbonyl (C=O) groups is 1. The van der Waals surface area contributed by atoms with E-state index in [2.05, 4.69) is 4.74 Å². The Bertz CT molecular complexity index is 91.6. The largest absolute Gasteiger partial charge is 0.466 e. The molecule has 1 aliphatic rings. The molecule has 4 heteroatoms. The molecule has 0 unspecified atom stereocenters. The van der Waals surface area contributed by atoms with Crippen LogP contribution in [0.4, 0.5) is 0 Å². The first-order valence-electron chi connectivity index (χ1n) is 3.98.